The van der Waals surface area contributed by atoms with Crippen molar-refractivity contribution in [2.45, 2.75) is 55.2 Å². The molecule has 0 aliphatic heterocycles. The van der Waals surface area contributed by atoms with Gasteiger partial charge in [-0.25, -0.2) is 0 Å². The normalized spacial score (nSPS) is 25.5. The highest BCUT2D eigenvalue weighted by Crippen LogP contribution is 2.34. The van der Waals surface area contributed by atoms with Gasteiger partial charge in [0.2, 0.25) is 0 Å². The fourth-order valence-corrected chi connectivity index (χ4v) is 4.05. The van der Waals surface area contributed by atoms with E-state index in [-0.39, 0.29) is 0 Å². The van der Waals surface area contributed by atoms with Crippen LogP contribution < -0.4 is 5.32 Å². The minimum absolute atomic E-state index is 0.683. The van der Waals surface area contributed by atoms with Crippen molar-refractivity contribution in [3.63, 3.8) is 0 Å². The molecule has 0 spiro atoms. The van der Waals surface area contributed by atoms with E-state index in [1.807, 2.05) is 0 Å². The number of aryl methyl sites for hydroxylation is 1. The maximum atomic E-state index is 3.51. The van der Waals surface area contributed by atoms with Crippen LogP contribution in [0.2, 0.25) is 0 Å². The van der Waals surface area contributed by atoms with E-state index in [1.165, 1.54) is 42.6 Å². The Morgan fingerprint density at radius 1 is 1.12 bits per heavy atom. The molecule has 0 amide bonds. The quantitative estimate of drug-likeness (QED) is 0.812. The van der Waals surface area contributed by atoms with Gasteiger partial charge in [0, 0.05) is 16.2 Å². The summed E-state index contributed by atoms with van der Waals surface area (Å²) < 4.78 is 0. The van der Waals surface area contributed by atoms with Crippen LogP contribution in [0.25, 0.3) is 0 Å². The molecule has 2 heteroatoms. The summed E-state index contributed by atoms with van der Waals surface area (Å²) in [6, 6.07) is 9.44. The van der Waals surface area contributed by atoms with Crippen molar-refractivity contribution < 1.29 is 0 Å². The topological polar surface area (TPSA) is 12.0 Å². The highest BCUT2D eigenvalue weighted by molar-refractivity contribution is 8.00. The van der Waals surface area contributed by atoms with Crippen LogP contribution in [0, 0.1) is 6.92 Å². The average molecular weight is 249 g/mol. The van der Waals surface area contributed by atoms with E-state index in [9.17, 15) is 0 Å². The second-order valence-corrected chi connectivity index (χ2v) is 6.24. The third-order valence-corrected chi connectivity index (χ3v) is 5.27. The van der Waals surface area contributed by atoms with Gasteiger partial charge in [-0.1, -0.05) is 37.5 Å². The summed E-state index contributed by atoms with van der Waals surface area (Å²) in [5.41, 5.74) is 1.41. The molecule has 1 aromatic rings. The summed E-state index contributed by atoms with van der Waals surface area (Å²) in [6.45, 7) is 2.22. The van der Waals surface area contributed by atoms with Crippen molar-refractivity contribution >= 4 is 11.8 Å². The Morgan fingerprint density at radius 2 is 1.88 bits per heavy atom. The first kappa shape index (κ1) is 13.0. The van der Waals surface area contributed by atoms with Crippen LogP contribution >= 0.6 is 11.8 Å². The lowest BCUT2D eigenvalue weighted by Crippen LogP contribution is -2.34. The molecule has 0 radical (unpaired) electrons. The average Bonchev–Trinajstić information content (AvgIpc) is 2.57. The fourth-order valence-electron chi connectivity index (χ4n) is 2.60. The summed E-state index contributed by atoms with van der Waals surface area (Å²) >= 11 is 2.07. The van der Waals surface area contributed by atoms with Crippen LogP contribution in [-0.4, -0.2) is 18.3 Å². The molecule has 1 fully saturated rings. The predicted octanol–water partition coefficient (Wildman–Crippen LogP) is 4.01. The molecule has 1 nitrogen and oxygen atoms in total. The van der Waals surface area contributed by atoms with Gasteiger partial charge in [-0.15, -0.1) is 11.8 Å². The lowest BCUT2D eigenvalue weighted by Gasteiger charge is -2.24. The number of thioether (sulfide) groups is 1. The molecular weight excluding hydrogens is 226 g/mol. The van der Waals surface area contributed by atoms with Gasteiger partial charge in [0.25, 0.3) is 0 Å². The van der Waals surface area contributed by atoms with E-state index < -0.39 is 0 Å². The monoisotopic (exact) mass is 249 g/mol. The number of nitrogens with one attached hydrogen (secondary N) is 1. The SMILES string of the molecule is CNC1CCCCCC1Sc1ccccc1C. The standard InChI is InChI=1S/C15H23NS/c1-12-8-6-7-10-14(12)17-15-11-5-3-4-9-13(15)16-2/h6-8,10,13,15-16H,3-5,9,11H2,1-2H3. The molecule has 0 saturated heterocycles. The summed E-state index contributed by atoms with van der Waals surface area (Å²) in [7, 11) is 2.11. The van der Waals surface area contributed by atoms with Crippen LogP contribution in [0.3, 0.4) is 0 Å². The van der Waals surface area contributed by atoms with E-state index >= 15 is 0 Å². The Morgan fingerprint density at radius 3 is 2.65 bits per heavy atom. The van der Waals surface area contributed by atoms with Gasteiger partial charge in [-0.05, 0) is 38.4 Å². The molecule has 2 rings (SSSR count). The van der Waals surface area contributed by atoms with E-state index in [1.54, 1.807) is 0 Å². The van der Waals surface area contributed by atoms with Gasteiger partial charge in [0.15, 0.2) is 0 Å². The maximum absolute atomic E-state index is 3.51. The molecule has 1 saturated carbocycles. The van der Waals surface area contributed by atoms with Crippen LogP contribution in [0.5, 0.6) is 0 Å². The second-order valence-electron chi connectivity index (χ2n) is 4.95. The lowest BCUT2D eigenvalue weighted by molar-refractivity contribution is 0.510. The Balaban J connectivity index is 2.07. The minimum atomic E-state index is 0.683. The van der Waals surface area contributed by atoms with Crippen molar-refractivity contribution in [1.82, 2.24) is 5.32 Å². The third-order valence-electron chi connectivity index (χ3n) is 3.70. The van der Waals surface area contributed by atoms with Crippen molar-refractivity contribution in [3.05, 3.63) is 29.8 Å². The summed E-state index contributed by atoms with van der Waals surface area (Å²) in [6.07, 6.45) is 6.87. The maximum Gasteiger partial charge on any atom is 0.0248 e. The Labute approximate surface area is 109 Å². The Bertz CT molecular complexity index is 351. The summed E-state index contributed by atoms with van der Waals surface area (Å²) in [5, 5.41) is 4.25. The number of benzene rings is 1. The first-order chi connectivity index (χ1) is 8.31. The van der Waals surface area contributed by atoms with E-state index in [4.69, 9.17) is 0 Å². The first-order valence-corrected chi connectivity index (χ1v) is 7.59. The van der Waals surface area contributed by atoms with Crippen LogP contribution in [-0.2, 0) is 0 Å². The zero-order chi connectivity index (χ0) is 12.1. The molecule has 2 unspecified atom stereocenters. The molecule has 1 N–H and O–H groups in total. The molecule has 2 atom stereocenters. The summed E-state index contributed by atoms with van der Waals surface area (Å²) in [4.78, 5) is 1.46. The van der Waals surface area contributed by atoms with E-state index in [0.29, 0.717) is 6.04 Å². The number of hydrogen-bond donors (Lipinski definition) is 1. The second kappa shape index (κ2) is 6.46. The molecular formula is C15H23NS. The molecule has 0 bridgehead atoms. The number of rotatable bonds is 3. The molecule has 0 aromatic heterocycles. The van der Waals surface area contributed by atoms with Gasteiger partial charge >= 0.3 is 0 Å². The van der Waals surface area contributed by atoms with E-state index in [0.717, 1.165) is 5.25 Å². The largest absolute Gasteiger partial charge is 0.316 e. The molecule has 0 heterocycles. The highest BCUT2D eigenvalue weighted by Gasteiger charge is 2.23. The van der Waals surface area contributed by atoms with Crippen LogP contribution in [0.1, 0.15) is 37.7 Å². The van der Waals surface area contributed by atoms with Crippen molar-refractivity contribution in [1.29, 1.82) is 0 Å². The molecule has 1 aliphatic carbocycles. The highest BCUT2D eigenvalue weighted by atomic mass is 32.2. The van der Waals surface area contributed by atoms with Gasteiger partial charge in [-0.3, -0.25) is 0 Å². The van der Waals surface area contributed by atoms with Crippen molar-refractivity contribution in [2.24, 2.45) is 0 Å². The smallest absolute Gasteiger partial charge is 0.0248 e. The molecule has 17 heavy (non-hydrogen) atoms. The zero-order valence-corrected chi connectivity index (χ0v) is 11.7. The predicted molar refractivity (Wildman–Crippen MR) is 76.8 cm³/mol. The third kappa shape index (κ3) is 3.49. The van der Waals surface area contributed by atoms with Gasteiger partial charge in [0.1, 0.15) is 0 Å². The fraction of sp³-hybridized carbons (Fsp3) is 0.600. The molecule has 1 aliphatic rings. The Kier molecular flexibility index (Phi) is 4.93. The van der Waals surface area contributed by atoms with Crippen LogP contribution in [0.15, 0.2) is 29.2 Å². The first-order valence-electron chi connectivity index (χ1n) is 6.71. The zero-order valence-electron chi connectivity index (χ0n) is 10.9. The molecule has 1 aromatic carbocycles. The molecule has 94 valence electrons. The van der Waals surface area contributed by atoms with E-state index in [2.05, 4.69) is 55.3 Å². The van der Waals surface area contributed by atoms with Crippen LogP contribution in [0.4, 0.5) is 0 Å². The van der Waals surface area contributed by atoms with Gasteiger partial charge in [0.05, 0.1) is 0 Å². The van der Waals surface area contributed by atoms with Gasteiger partial charge < -0.3 is 5.32 Å². The Hall–Kier alpha value is -0.470. The minimum Gasteiger partial charge on any atom is -0.316 e. The van der Waals surface area contributed by atoms with Crippen molar-refractivity contribution in [2.75, 3.05) is 7.05 Å². The van der Waals surface area contributed by atoms with Crippen molar-refractivity contribution in [3.8, 4) is 0 Å². The van der Waals surface area contributed by atoms with Gasteiger partial charge in [-0.2, -0.15) is 0 Å². The summed E-state index contributed by atoms with van der Waals surface area (Å²) in [5.74, 6) is 0. The number of hydrogen-bond acceptors (Lipinski definition) is 2. The lowest BCUT2D eigenvalue weighted by atomic mass is 10.1.